The molecule has 0 spiro atoms. The summed E-state index contributed by atoms with van der Waals surface area (Å²) in [5.41, 5.74) is 0.482. The second kappa shape index (κ2) is 6.33. The van der Waals surface area contributed by atoms with Crippen LogP contribution in [0.3, 0.4) is 0 Å². The molecule has 0 fully saturated rings. The zero-order valence-electron chi connectivity index (χ0n) is 10.9. The van der Waals surface area contributed by atoms with Crippen molar-refractivity contribution in [1.29, 1.82) is 0 Å². The van der Waals surface area contributed by atoms with Crippen LogP contribution in [0.5, 0.6) is 5.75 Å². The van der Waals surface area contributed by atoms with E-state index in [1.54, 1.807) is 20.0 Å². The Labute approximate surface area is 120 Å². The largest absolute Gasteiger partial charge is 0.491 e. The van der Waals surface area contributed by atoms with Gasteiger partial charge in [-0.05, 0) is 30.7 Å². The third-order valence-corrected chi connectivity index (χ3v) is 2.49. The van der Waals surface area contributed by atoms with Gasteiger partial charge in [-0.3, -0.25) is 0 Å². The number of rotatable bonds is 5. The SMILES string of the molecule is CCOc1ccc(Nc2nc(Cl)nc(NC)n2)cc1F. The van der Waals surface area contributed by atoms with Gasteiger partial charge in [0, 0.05) is 18.8 Å². The maximum atomic E-state index is 13.7. The number of anilines is 3. The average Bonchev–Trinajstić information content (AvgIpc) is 2.41. The molecule has 2 aromatic rings. The lowest BCUT2D eigenvalue weighted by atomic mass is 10.3. The van der Waals surface area contributed by atoms with E-state index in [0.29, 0.717) is 18.2 Å². The molecule has 6 nitrogen and oxygen atoms in total. The van der Waals surface area contributed by atoms with Crippen LogP contribution in [-0.4, -0.2) is 28.6 Å². The summed E-state index contributed by atoms with van der Waals surface area (Å²) in [6.45, 7) is 2.19. The van der Waals surface area contributed by atoms with Crippen LogP contribution >= 0.6 is 11.6 Å². The highest BCUT2D eigenvalue weighted by atomic mass is 35.5. The van der Waals surface area contributed by atoms with Crippen LogP contribution < -0.4 is 15.4 Å². The van der Waals surface area contributed by atoms with Crippen LogP contribution in [0.2, 0.25) is 5.28 Å². The van der Waals surface area contributed by atoms with E-state index in [9.17, 15) is 4.39 Å². The summed E-state index contributed by atoms with van der Waals surface area (Å²) in [6.07, 6.45) is 0. The highest BCUT2D eigenvalue weighted by Gasteiger charge is 2.07. The monoisotopic (exact) mass is 297 g/mol. The van der Waals surface area contributed by atoms with E-state index in [1.165, 1.54) is 12.1 Å². The van der Waals surface area contributed by atoms with Crippen molar-refractivity contribution in [1.82, 2.24) is 15.0 Å². The zero-order chi connectivity index (χ0) is 14.5. The molecule has 0 atom stereocenters. The molecular weight excluding hydrogens is 285 g/mol. The van der Waals surface area contributed by atoms with Gasteiger partial charge in [-0.1, -0.05) is 0 Å². The summed E-state index contributed by atoms with van der Waals surface area (Å²) in [5, 5.41) is 5.64. The van der Waals surface area contributed by atoms with Gasteiger partial charge in [0.2, 0.25) is 17.2 Å². The predicted octanol–water partition coefficient (Wildman–Crippen LogP) is 2.85. The number of hydrogen-bond donors (Lipinski definition) is 2. The summed E-state index contributed by atoms with van der Waals surface area (Å²) in [5.74, 6) is 0.269. The van der Waals surface area contributed by atoms with Crippen LogP contribution in [0.15, 0.2) is 18.2 Å². The van der Waals surface area contributed by atoms with Crippen molar-refractivity contribution in [2.45, 2.75) is 6.92 Å². The third kappa shape index (κ3) is 3.45. The van der Waals surface area contributed by atoms with E-state index >= 15 is 0 Å². The van der Waals surface area contributed by atoms with E-state index in [-0.39, 0.29) is 17.0 Å². The van der Waals surface area contributed by atoms with Gasteiger partial charge in [-0.15, -0.1) is 0 Å². The minimum Gasteiger partial charge on any atom is -0.491 e. The molecule has 0 saturated carbocycles. The van der Waals surface area contributed by atoms with Gasteiger partial charge in [-0.2, -0.15) is 15.0 Å². The lowest BCUT2D eigenvalue weighted by Gasteiger charge is -2.09. The number of halogens is 2. The standard InChI is InChI=1S/C12H13ClFN5O/c1-3-20-9-5-4-7(6-8(9)14)16-12-18-10(13)17-11(15-2)19-12/h4-6H,3H2,1-2H3,(H2,15,16,17,18,19). The molecule has 2 N–H and O–H groups in total. The van der Waals surface area contributed by atoms with Crippen LogP contribution in [0.4, 0.5) is 22.0 Å². The maximum Gasteiger partial charge on any atom is 0.233 e. The molecule has 20 heavy (non-hydrogen) atoms. The first kappa shape index (κ1) is 14.3. The highest BCUT2D eigenvalue weighted by Crippen LogP contribution is 2.23. The molecule has 0 unspecified atom stereocenters. The molecule has 1 aromatic heterocycles. The van der Waals surface area contributed by atoms with Gasteiger partial charge in [0.15, 0.2) is 11.6 Å². The number of nitrogens with one attached hydrogen (secondary N) is 2. The van der Waals surface area contributed by atoms with Crippen molar-refractivity contribution in [3.63, 3.8) is 0 Å². The molecule has 2 rings (SSSR count). The van der Waals surface area contributed by atoms with Crippen molar-refractivity contribution in [3.8, 4) is 5.75 Å². The third-order valence-electron chi connectivity index (χ3n) is 2.32. The second-order valence-electron chi connectivity index (χ2n) is 3.70. The number of nitrogens with zero attached hydrogens (tertiary/aromatic N) is 3. The first-order valence-corrected chi connectivity index (χ1v) is 6.29. The average molecular weight is 298 g/mol. The summed E-state index contributed by atoms with van der Waals surface area (Å²) in [4.78, 5) is 11.8. The van der Waals surface area contributed by atoms with Gasteiger partial charge in [0.25, 0.3) is 0 Å². The van der Waals surface area contributed by atoms with Crippen LogP contribution in [0.25, 0.3) is 0 Å². The molecule has 106 valence electrons. The Morgan fingerprint density at radius 3 is 2.65 bits per heavy atom. The molecule has 0 amide bonds. The predicted molar refractivity (Wildman–Crippen MR) is 75.2 cm³/mol. The Bertz CT molecular complexity index is 610. The number of hydrogen-bond acceptors (Lipinski definition) is 6. The van der Waals surface area contributed by atoms with E-state index in [0.717, 1.165) is 0 Å². The number of benzene rings is 1. The van der Waals surface area contributed by atoms with Gasteiger partial charge in [-0.25, -0.2) is 4.39 Å². The lowest BCUT2D eigenvalue weighted by molar-refractivity contribution is 0.321. The molecule has 8 heteroatoms. The summed E-state index contributed by atoms with van der Waals surface area (Å²) in [7, 11) is 1.66. The first-order chi connectivity index (χ1) is 9.62. The normalized spacial score (nSPS) is 10.2. The van der Waals surface area contributed by atoms with E-state index < -0.39 is 5.82 Å². The summed E-state index contributed by atoms with van der Waals surface area (Å²) < 4.78 is 18.8. The quantitative estimate of drug-likeness (QED) is 0.884. The van der Waals surface area contributed by atoms with Crippen LogP contribution in [-0.2, 0) is 0 Å². The smallest absolute Gasteiger partial charge is 0.233 e. The van der Waals surface area contributed by atoms with Crippen LogP contribution in [0.1, 0.15) is 6.92 Å². The topological polar surface area (TPSA) is 72.0 Å². The van der Waals surface area contributed by atoms with Crippen molar-refractivity contribution < 1.29 is 9.13 Å². The Morgan fingerprint density at radius 2 is 2.00 bits per heavy atom. The van der Waals surface area contributed by atoms with E-state index in [4.69, 9.17) is 16.3 Å². The van der Waals surface area contributed by atoms with Gasteiger partial charge < -0.3 is 15.4 Å². The lowest BCUT2D eigenvalue weighted by Crippen LogP contribution is -2.04. The molecule has 0 radical (unpaired) electrons. The Morgan fingerprint density at radius 1 is 1.25 bits per heavy atom. The van der Waals surface area contributed by atoms with Crippen molar-refractivity contribution in [2.24, 2.45) is 0 Å². The fourth-order valence-corrected chi connectivity index (χ4v) is 1.66. The first-order valence-electron chi connectivity index (χ1n) is 5.91. The van der Waals surface area contributed by atoms with Crippen molar-refractivity contribution in [2.75, 3.05) is 24.3 Å². The fourth-order valence-electron chi connectivity index (χ4n) is 1.50. The van der Waals surface area contributed by atoms with Gasteiger partial charge in [0.1, 0.15) is 0 Å². The van der Waals surface area contributed by atoms with E-state index in [1.807, 2.05) is 0 Å². The van der Waals surface area contributed by atoms with Crippen molar-refractivity contribution >= 4 is 29.2 Å². The van der Waals surface area contributed by atoms with Crippen LogP contribution in [0, 0.1) is 5.82 Å². The summed E-state index contributed by atoms with van der Waals surface area (Å²) in [6, 6.07) is 4.48. The zero-order valence-corrected chi connectivity index (χ0v) is 11.7. The van der Waals surface area contributed by atoms with Gasteiger partial charge >= 0.3 is 0 Å². The number of aromatic nitrogens is 3. The molecular formula is C12H13ClFN5O. The molecule has 0 aliphatic heterocycles. The molecule has 0 bridgehead atoms. The van der Waals surface area contributed by atoms with Gasteiger partial charge in [0.05, 0.1) is 6.61 Å². The molecule has 0 saturated heterocycles. The maximum absolute atomic E-state index is 13.7. The molecule has 0 aliphatic rings. The Hall–Kier alpha value is -2.15. The van der Waals surface area contributed by atoms with Crippen molar-refractivity contribution in [3.05, 3.63) is 29.3 Å². The second-order valence-corrected chi connectivity index (χ2v) is 4.04. The Kier molecular flexibility index (Phi) is 4.52. The minimum atomic E-state index is -0.467. The Balaban J connectivity index is 2.21. The number of ether oxygens (including phenoxy) is 1. The summed E-state index contributed by atoms with van der Waals surface area (Å²) >= 11 is 5.76. The minimum absolute atomic E-state index is 0.0401. The molecule has 0 aliphatic carbocycles. The fraction of sp³-hybridized carbons (Fsp3) is 0.250. The highest BCUT2D eigenvalue weighted by molar-refractivity contribution is 6.28. The molecule has 1 aromatic carbocycles. The molecule has 1 heterocycles. The van der Waals surface area contributed by atoms with E-state index in [2.05, 4.69) is 25.6 Å².